The number of anilines is 1. The van der Waals surface area contributed by atoms with Crippen molar-refractivity contribution in [3.05, 3.63) is 6.20 Å². The molecule has 0 radical (unpaired) electrons. The molecule has 0 spiro atoms. The Morgan fingerprint density at radius 1 is 1.43 bits per heavy atom. The van der Waals surface area contributed by atoms with E-state index in [1.165, 1.54) is 23.7 Å². The Bertz CT molecular complexity index is 608. The van der Waals surface area contributed by atoms with E-state index in [0.717, 1.165) is 25.6 Å². The van der Waals surface area contributed by atoms with Gasteiger partial charge in [-0.05, 0) is 38.6 Å². The van der Waals surface area contributed by atoms with Gasteiger partial charge in [0.2, 0.25) is 10.0 Å². The summed E-state index contributed by atoms with van der Waals surface area (Å²) in [5.74, 6) is 0.457. The number of nitrogens with one attached hydrogen (secondary N) is 1. The van der Waals surface area contributed by atoms with E-state index >= 15 is 0 Å². The summed E-state index contributed by atoms with van der Waals surface area (Å²) in [6.45, 7) is 5.05. The molecule has 21 heavy (non-hydrogen) atoms. The lowest BCUT2D eigenvalue weighted by atomic mass is 10.1. The van der Waals surface area contributed by atoms with Gasteiger partial charge in [-0.3, -0.25) is 4.68 Å². The van der Waals surface area contributed by atoms with E-state index in [1.807, 2.05) is 6.92 Å². The first kappa shape index (κ1) is 14.8. The highest BCUT2D eigenvalue weighted by Gasteiger charge is 2.34. The SMILES string of the molecule is CCn1cc(S(=O)(=O)NCC2CCN(C3CC3)C2)c(N)n1. The van der Waals surface area contributed by atoms with Gasteiger partial charge in [0, 0.05) is 31.9 Å². The Kier molecular flexibility index (Phi) is 3.94. The molecule has 1 saturated heterocycles. The van der Waals surface area contributed by atoms with Crippen molar-refractivity contribution in [1.82, 2.24) is 19.4 Å². The summed E-state index contributed by atoms with van der Waals surface area (Å²) in [5.41, 5.74) is 5.70. The number of nitrogens with zero attached hydrogens (tertiary/aromatic N) is 3. The molecular weight excluding hydrogens is 290 g/mol. The minimum absolute atomic E-state index is 0.0652. The second-order valence-corrected chi connectivity index (χ2v) is 7.70. The van der Waals surface area contributed by atoms with Gasteiger partial charge in [-0.2, -0.15) is 5.10 Å². The second kappa shape index (κ2) is 5.58. The molecule has 1 aromatic rings. The second-order valence-electron chi connectivity index (χ2n) is 5.97. The fourth-order valence-electron chi connectivity index (χ4n) is 2.89. The number of likely N-dealkylation sites (tertiary alicyclic amines) is 1. The molecule has 0 amide bonds. The number of aromatic nitrogens is 2. The van der Waals surface area contributed by atoms with Gasteiger partial charge in [-0.15, -0.1) is 0 Å². The molecule has 118 valence electrons. The Hall–Kier alpha value is -1.12. The van der Waals surface area contributed by atoms with Crippen LogP contribution >= 0.6 is 0 Å². The van der Waals surface area contributed by atoms with Crippen molar-refractivity contribution in [3.8, 4) is 0 Å². The van der Waals surface area contributed by atoms with Crippen molar-refractivity contribution < 1.29 is 8.42 Å². The van der Waals surface area contributed by atoms with Gasteiger partial charge in [0.15, 0.2) is 5.82 Å². The number of hydrogen-bond acceptors (Lipinski definition) is 5. The molecule has 1 aliphatic carbocycles. The first-order valence-corrected chi connectivity index (χ1v) is 9.04. The van der Waals surface area contributed by atoms with E-state index in [0.29, 0.717) is 19.0 Å². The first-order chi connectivity index (χ1) is 9.99. The Morgan fingerprint density at radius 2 is 2.19 bits per heavy atom. The largest absolute Gasteiger partial charge is 0.381 e. The average Bonchev–Trinajstić information content (AvgIpc) is 3.06. The van der Waals surface area contributed by atoms with Crippen LogP contribution in [0.5, 0.6) is 0 Å². The summed E-state index contributed by atoms with van der Waals surface area (Å²) in [6, 6.07) is 0.755. The summed E-state index contributed by atoms with van der Waals surface area (Å²) in [7, 11) is -3.57. The van der Waals surface area contributed by atoms with Crippen LogP contribution in [0.4, 0.5) is 5.82 Å². The zero-order valence-corrected chi connectivity index (χ0v) is 13.1. The van der Waals surface area contributed by atoms with Crippen LogP contribution in [0.2, 0.25) is 0 Å². The van der Waals surface area contributed by atoms with Crippen molar-refractivity contribution in [2.24, 2.45) is 5.92 Å². The zero-order chi connectivity index (χ0) is 15.0. The van der Waals surface area contributed by atoms with Crippen molar-refractivity contribution in [1.29, 1.82) is 0 Å². The van der Waals surface area contributed by atoms with E-state index in [2.05, 4.69) is 14.7 Å². The summed E-state index contributed by atoms with van der Waals surface area (Å²) < 4.78 is 28.8. The number of nitrogens with two attached hydrogens (primary N) is 1. The Balaban J connectivity index is 1.59. The molecular formula is C13H23N5O2S. The van der Waals surface area contributed by atoms with Gasteiger partial charge >= 0.3 is 0 Å². The van der Waals surface area contributed by atoms with Crippen LogP contribution in [0.25, 0.3) is 0 Å². The Labute approximate surface area is 125 Å². The van der Waals surface area contributed by atoms with Gasteiger partial charge < -0.3 is 10.6 Å². The molecule has 2 fully saturated rings. The maximum absolute atomic E-state index is 12.3. The molecule has 1 saturated carbocycles. The van der Waals surface area contributed by atoms with Gasteiger partial charge in [0.25, 0.3) is 0 Å². The maximum atomic E-state index is 12.3. The van der Waals surface area contributed by atoms with Crippen LogP contribution in [0.1, 0.15) is 26.2 Å². The predicted molar refractivity (Wildman–Crippen MR) is 80.2 cm³/mol. The normalized spacial score (nSPS) is 23.8. The zero-order valence-electron chi connectivity index (χ0n) is 12.3. The first-order valence-electron chi connectivity index (χ1n) is 7.56. The molecule has 1 atom stereocenters. The quantitative estimate of drug-likeness (QED) is 0.785. The minimum Gasteiger partial charge on any atom is -0.381 e. The topological polar surface area (TPSA) is 93.2 Å². The van der Waals surface area contributed by atoms with Crippen LogP contribution in [-0.4, -0.2) is 48.8 Å². The fraction of sp³-hybridized carbons (Fsp3) is 0.769. The number of sulfonamides is 1. The lowest BCUT2D eigenvalue weighted by molar-refractivity contribution is 0.314. The molecule has 1 aliphatic heterocycles. The molecule has 7 nitrogen and oxygen atoms in total. The smallest absolute Gasteiger partial charge is 0.245 e. The van der Waals surface area contributed by atoms with Gasteiger partial charge in [-0.1, -0.05) is 0 Å². The molecule has 2 aliphatic rings. The summed E-state index contributed by atoms with van der Waals surface area (Å²) >= 11 is 0. The van der Waals surface area contributed by atoms with Gasteiger partial charge in [0.1, 0.15) is 4.90 Å². The molecule has 1 unspecified atom stereocenters. The van der Waals surface area contributed by atoms with Crippen LogP contribution < -0.4 is 10.5 Å². The van der Waals surface area contributed by atoms with E-state index in [9.17, 15) is 8.42 Å². The fourth-order valence-corrected chi connectivity index (χ4v) is 4.08. The highest BCUT2D eigenvalue weighted by molar-refractivity contribution is 7.89. The van der Waals surface area contributed by atoms with Crippen molar-refractivity contribution in [3.63, 3.8) is 0 Å². The van der Waals surface area contributed by atoms with E-state index in [4.69, 9.17) is 5.73 Å². The molecule has 0 bridgehead atoms. The van der Waals surface area contributed by atoms with E-state index in [1.54, 1.807) is 0 Å². The maximum Gasteiger partial charge on any atom is 0.245 e. The lowest BCUT2D eigenvalue weighted by Gasteiger charge is -2.15. The molecule has 3 N–H and O–H groups in total. The minimum atomic E-state index is -3.57. The van der Waals surface area contributed by atoms with Gasteiger partial charge in [0.05, 0.1) is 0 Å². The van der Waals surface area contributed by atoms with Crippen LogP contribution in [0.15, 0.2) is 11.1 Å². The number of hydrogen-bond donors (Lipinski definition) is 2. The monoisotopic (exact) mass is 313 g/mol. The average molecular weight is 313 g/mol. The molecule has 0 aromatic carbocycles. The number of nitrogen functional groups attached to an aromatic ring is 1. The van der Waals surface area contributed by atoms with Crippen molar-refractivity contribution in [2.75, 3.05) is 25.4 Å². The Morgan fingerprint density at radius 3 is 2.81 bits per heavy atom. The summed E-state index contributed by atoms with van der Waals surface area (Å²) in [6.07, 6.45) is 5.14. The van der Waals surface area contributed by atoms with Crippen molar-refractivity contribution in [2.45, 2.75) is 43.7 Å². The van der Waals surface area contributed by atoms with E-state index in [-0.39, 0.29) is 10.7 Å². The third-order valence-corrected chi connectivity index (χ3v) is 5.75. The third-order valence-electron chi connectivity index (χ3n) is 4.31. The molecule has 8 heteroatoms. The highest BCUT2D eigenvalue weighted by atomic mass is 32.2. The lowest BCUT2D eigenvalue weighted by Crippen LogP contribution is -2.31. The standard InChI is InChI=1S/C13H23N5O2S/c1-2-18-9-12(13(14)16-18)21(19,20)15-7-10-5-6-17(8-10)11-3-4-11/h9-11,15H,2-8H2,1H3,(H2,14,16). The molecule has 2 heterocycles. The number of rotatable bonds is 6. The highest BCUT2D eigenvalue weighted by Crippen LogP contribution is 2.31. The van der Waals surface area contributed by atoms with Crippen LogP contribution in [-0.2, 0) is 16.6 Å². The summed E-state index contributed by atoms with van der Waals surface area (Å²) in [5, 5.41) is 3.99. The number of aryl methyl sites for hydroxylation is 1. The third kappa shape index (κ3) is 3.22. The van der Waals surface area contributed by atoms with Crippen LogP contribution in [0.3, 0.4) is 0 Å². The predicted octanol–water partition coefficient (Wildman–Crippen LogP) is 0.248. The molecule has 3 rings (SSSR count). The van der Waals surface area contributed by atoms with Gasteiger partial charge in [-0.25, -0.2) is 13.1 Å². The van der Waals surface area contributed by atoms with Crippen LogP contribution in [0, 0.1) is 5.92 Å². The van der Waals surface area contributed by atoms with E-state index < -0.39 is 10.0 Å². The molecule has 1 aromatic heterocycles. The summed E-state index contributed by atoms with van der Waals surface area (Å²) in [4.78, 5) is 2.56. The van der Waals surface area contributed by atoms with Crippen molar-refractivity contribution >= 4 is 15.8 Å².